The lowest BCUT2D eigenvalue weighted by atomic mass is 10.2. The first-order chi connectivity index (χ1) is 7.81. The fraction of sp³-hybridized carbons (Fsp3) is 0.750. The van der Waals surface area contributed by atoms with E-state index in [2.05, 4.69) is 42.1 Å². The zero-order chi connectivity index (χ0) is 11.4. The van der Waals surface area contributed by atoms with Gasteiger partial charge in [-0.15, -0.1) is 11.3 Å². The van der Waals surface area contributed by atoms with E-state index < -0.39 is 0 Å². The minimum Gasteiger partial charge on any atom is -0.309 e. The largest absolute Gasteiger partial charge is 0.309 e. The minimum atomic E-state index is 0.456. The van der Waals surface area contributed by atoms with Crippen LogP contribution in [-0.2, 0) is 0 Å². The van der Waals surface area contributed by atoms with Crippen molar-refractivity contribution in [1.29, 1.82) is 0 Å². The molecule has 1 fully saturated rings. The molecule has 0 amide bonds. The maximum absolute atomic E-state index is 4.59. The molecule has 1 N–H and O–H groups in total. The van der Waals surface area contributed by atoms with E-state index >= 15 is 0 Å². The normalized spacial score (nSPS) is 22.5. The summed E-state index contributed by atoms with van der Waals surface area (Å²) in [5, 5.41) is 5.53. The first-order valence-electron chi connectivity index (χ1n) is 6.12. The lowest BCUT2D eigenvalue weighted by molar-refractivity contribution is 0.577. The molecule has 16 heavy (non-hydrogen) atoms. The zero-order valence-electron chi connectivity index (χ0n) is 10.0. The number of thioether (sulfide) groups is 1. The summed E-state index contributed by atoms with van der Waals surface area (Å²) in [6, 6.07) is 0.456. The Morgan fingerprint density at radius 3 is 3.19 bits per heavy atom. The second-order valence-corrected chi connectivity index (χ2v) is 6.68. The minimum absolute atomic E-state index is 0.456. The van der Waals surface area contributed by atoms with Crippen LogP contribution in [0.2, 0.25) is 0 Å². The van der Waals surface area contributed by atoms with Crippen molar-refractivity contribution in [1.82, 2.24) is 10.3 Å². The van der Waals surface area contributed by atoms with Crippen LogP contribution in [0.5, 0.6) is 0 Å². The summed E-state index contributed by atoms with van der Waals surface area (Å²) in [7, 11) is 0. The maximum Gasteiger partial charge on any atom is 0.106 e. The molecule has 0 saturated carbocycles. The van der Waals surface area contributed by atoms with Gasteiger partial charge in [0.05, 0.1) is 5.25 Å². The average Bonchev–Trinajstić information content (AvgIpc) is 2.94. The van der Waals surface area contributed by atoms with Crippen molar-refractivity contribution in [3.05, 3.63) is 16.1 Å². The van der Waals surface area contributed by atoms with E-state index in [4.69, 9.17) is 0 Å². The van der Waals surface area contributed by atoms with Gasteiger partial charge in [-0.25, -0.2) is 4.98 Å². The van der Waals surface area contributed by atoms with Crippen LogP contribution in [-0.4, -0.2) is 17.3 Å². The number of nitrogens with zero attached hydrogens (tertiary/aromatic N) is 1. The van der Waals surface area contributed by atoms with Crippen LogP contribution >= 0.6 is 23.1 Å². The molecule has 4 heteroatoms. The number of rotatable bonds is 5. The molecule has 2 nitrogen and oxygen atoms in total. The molecule has 0 bridgehead atoms. The molecule has 2 heterocycles. The summed E-state index contributed by atoms with van der Waals surface area (Å²) in [5.74, 6) is 1.31. The third kappa shape index (κ3) is 2.99. The smallest absolute Gasteiger partial charge is 0.106 e. The first kappa shape index (κ1) is 12.4. The number of thiazole rings is 1. The zero-order valence-corrected chi connectivity index (χ0v) is 11.7. The summed E-state index contributed by atoms with van der Waals surface area (Å²) in [4.78, 5) is 5.97. The topological polar surface area (TPSA) is 24.9 Å². The van der Waals surface area contributed by atoms with E-state index in [1.54, 1.807) is 0 Å². The van der Waals surface area contributed by atoms with Gasteiger partial charge >= 0.3 is 0 Å². The van der Waals surface area contributed by atoms with Gasteiger partial charge in [-0.05, 0) is 38.5 Å². The lowest BCUT2D eigenvalue weighted by Gasteiger charge is -2.10. The SMILES string of the molecule is CCCNC(C)c1cnc(C2CCCS2)s1. The van der Waals surface area contributed by atoms with Gasteiger partial charge < -0.3 is 5.32 Å². The van der Waals surface area contributed by atoms with Crippen LogP contribution in [0.3, 0.4) is 0 Å². The standard InChI is InChI=1S/C12H20N2S2/c1-3-6-13-9(2)11-8-14-12(16-11)10-5-4-7-15-10/h8-10,13H,3-7H2,1-2H3. The molecule has 1 aromatic rings. The van der Waals surface area contributed by atoms with Gasteiger partial charge in [-0.3, -0.25) is 0 Å². The van der Waals surface area contributed by atoms with E-state index in [1.807, 2.05) is 11.3 Å². The molecule has 1 aliphatic rings. The van der Waals surface area contributed by atoms with Crippen molar-refractivity contribution in [2.24, 2.45) is 0 Å². The Morgan fingerprint density at radius 1 is 1.62 bits per heavy atom. The molecule has 1 saturated heterocycles. The van der Waals surface area contributed by atoms with Gasteiger partial charge in [0.15, 0.2) is 0 Å². The van der Waals surface area contributed by atoms with E-state index in [-0.39, 0.29) is 0 Å². The van der Waals surface area contributed by atoms with Gasteiger partial charge in [0, 0.05) is 17.1 Å². The van der Waals surface area contributed by atoms with Gasteiger partial charge in [-0.2, -0.15) is 11.8 Å². The fourth-order valence-corrected chi connectivity index (χ4v) is 4.35. The third-order valence-electron chi connectivity index (χ3n) is 2.87. The van der Waals surface area contributed by atoms with Crippen LogP contribution in [0.4, 0.5) is 0 Å². The van der Waals surface area contributed by atoms with Gasteiger partial charge in [0.1, 0.15) is 5.01 Å². The Balaban J connectivity index is 1.95. The van der Waals surface area contributed by atoms with Crippen molar-refractivity contribution in [3.63, 3.8) is 0 Å². The molecule has 1 aliphatic heterocycles. The Kier molecular flexibility index (Phi) is 4.67. The Bertz CT molecular complexity index is 319. The van der Waals surface area contributed by atoms with Gasteiger partial charge in [0.25, 0.3) is 0 Å². The van der Waals surface area contributed by atoms with E-state index in [1.165, 1.54) is 34.9 Å². The number of aromatic nitrogens is 1. The molecular formula is C12H20N2S2. The third-order valence-corrected chi connectivity index (χ3v) is 5.70. The van der Waals surface area contributed by atoms with Crippen LogP contribution in [0, 0.1) is 0 Å². The molecule has 90 valence electrons. The van der Waals surface area contributed by atoms with Gasteiger partial charge in [0.2, 0.25) is 0 Å². The molecule has 0 aliphatic carbocycles. The summed E-state index contributed by atoms with van der Waals surface area (Å²) in [5.41, 5.74) is 0. The van der Waals surface area contributed by atoms with Crippen molar-refractivity contribution in [2.45, 2.75) is 44.4 Å². The number of hydrogen-bond acceptors (Lipinski definition) is 4. The van der Waals surface area contributed by atoms with Crippen molar-refractivity contribution in [3.8, 4) is 0 Å². The molecular weight excluding hydrogens is 236 g/mol. The highest BCUT2D eigenvalue weighted by Crippen LogP contribution is 2.41. The summed E-state index contributed by atoms with van der Waals surface area (Å²) >= 11 is 3.96. The maximum atomic E-state index is 4.59. The van der Waals surface area contributed by atoms with Gasteiger partial charge in [-0.1, -0.05) is 6.92 Å². The van der Waals surface area contributed by atoms with Crippen LogP contribution in [0.25, 0.3) is 0 Å². The highest BCUT2D eigenvalue weighted by molar-refractivity contribution is 7.99. The Hall–Kier alpha value is -0.0600. The number of nitrogens with one attached hydrogen (secondary N) is 1. The van der Waals surface area contributed by atoms with E-state index in [0.29, 0.717) is 11.3 Å². The molecule has 1 aromatic heterocycles. The van der Waals surface area contributed by atoms with E-state index in [9.17, 15) is 0 Å². The molecule has 0 spiro atoms. The summed E-state index contributed by atoms with van der Waals surface area (Å²) in [6.07, 6.45) is 5.92. The second kappa shape index (κ2) is 6.03. The molecule has 0 radical (unpaired) electrons. The fourth-order valence-electron chi connectivity index (χ4n) is 1.88. The van der Waals surface area contributed by atoms with Crippen molar-refractivity contribution < 1.29 is 0 Å². The Labute approximate surface area is 106 Å². The van der Waals surface area contributed by atoms with Crippen LogP contribution in [0.15, 0.2) is 6.20 Å². The van der Waals surface area contributed by atoms with Crippen LogP contribution in [0.1, 0.15) is 54.3 Å². The molecule has 2 rings (SSSR count). The predicted octanol–water partition coefficient (Wildman–Crippen LogP) is 3.77. The van der Waals surface area contributed by atoms with Crippen molar-refractivity contribution in [2.75, 3.05) is 12.3 Å². The van der Waals surface area contributed by atoms with E-state index in [0.717, 1.165) is 6.54 Å². The first-order valence-corrected chi connectivity index (χ1v) is 7.98. The highest BCUT2D eigenvalue weighted by Gasteiger charge is 2.21. The molecule has 0 aromatic carbocycles. The highest BCUT2D eigenvalue weighted by atomic mass is 32.2. The summed E-state index contributed by atoms with van der Waals surface area (Å²) < 4.78 is 0. The quantitative estimate of drug-likeness (QED) is 0.868. The average molecular weight is 256 g/mol. The van der Waals surface area contributed by atoms with Crippen molar-refractivity contribution >= 4 is 23.1 Å². The summed E-state index contributed by atoms with van der Waals surface area (Å²) in [6.45, 7) is 5.52. The van der Waals surface area contributed by atoms with Crippen LogP contribution < -0.4 is 5.32 Å². The second-order valence-electron chi connectivity index (χ2n) is 4.28. The molecule has 2 unspecified atom stereocenters. The predicted molar refractivity (Wildman–Crippen MR) is 73.3 cm³/mol. The Morgan fingerprint density at radius 2 is 2.50 bits per heavy atom. The monoisotopic (exact) mass is 256 g/mol. The molecule has 2 atom stereocenters. The lowest BCUT2D eigenvalue weighted by Crippen LogP contribution is -2.18. The number of hydrogen-bond donors (Lipinski definition) is 1.